The van der Waals surface area contributed by atoms with E-state index in [9.17, 15) is 4.79 Å². The highest BCUT2D eigenvalue weighted by molar-refractivity contribution is 6.18. The SMILES string of the molecule is COc1ccc(CCC(=O)NC(C)CCl)cc1. The molecule has 3 nitrogen and oxygen atoms in total. The molecule has 0 saturated carbocycles. The van der Waals surface area contributed by atoms with Crippen LogP contribution in [0.15, 0.2) is 24.3 Å². The zero-order valence-electron chi connectivity index (χ0n) is 10.2. The lowest BCUT2D eigenvalue weighted by atomic mass is 10.1. The van der Waals surface area contributed by atoms with Crippen molar-refractivity contribution in [3.05, 3.63) is 29.8 Å². The van der Waals surface area contributed by atoms with E-state index in [-0.39, 0.29) is 11.9 Å². The topological polar surface area (TPSA) is 38.3 Å². The highest BCUT2D eigenvalue weighted by Gasteiger charge is 2.06. The molecule has 0 bridgehead atoms. The molecule has 1 aromatic rings. The van der Waals surface area contributed by atoms with E-state index in [2.05, 4.69) is 5.32 Å². The van der Waals surface area contributed by atoms with Crippen molar-refractivity contribution < 1.29 is 9.53 Å². The van der Waals surface area contributed by atoms with E-state index >= 15 is 0 Å². The van der Waals surface area contributed by atoms with E-state index in [1.54, 1.807) is 7.11 Å². The predicted octanol–water partition coefficient (Wildman–Crippen LogP) is 2.37. The Hall–Kier alpha value is -1.22. The van der Waals surface area contributed by atoms with E-state index in [1.807, 2.05) is 31.2 Å². The molecule has 4 heteroatoms. The van der Waals surface area contributed by atoms with Crippen LogP contribution in [0, 0.1) is 0 Å². The Balaban J connectivity index is 2.36. The Bertz CT molecular complexity index is 351. The van der Waals surface area contributed by atoms with Gasteiger partial charge in [-0.3, -0.25) is 4.79 Å². The number of nitrogens with one attached hydrogen (secondary N) is 1. The molecule has 0 aromatic heterocycles. The van der Waals surface area contributed by atoms with Crippen molar-refractivity contribution in [1.29, 1.82) is 0 Å². The molecule has 0 aliphatic heterocycles. The average Bonchev–Trinajstić information content (AvgIpc) is 2.36. The van der Waals surface area contributed by atoms with Crippen molar-refractivity contribution >= 4 is 17.5 Å². The van der Waals surface area contributed by atoms with E-state index in [0.717, 1.165) is 17.7 Å². The normalized spacial score (nSPS) is 11.9. The largest absolute Gasteiger partial charge is 0.497 e. The van der Waals surface area contributed by atoms with Gasteiger partial charge in [0, 0.05) is 18.3 Å². The van der Waals surface area contributed by atoms with Gasteiger partial charge in [-0.2, -0.15) is 0 Å². The Labute approximate surface area is 107 Å². The summed E-state index contributed by atoms with van der Waals surface area (Å²) in [6.07, 6.45) is 1.21. The first-order chi connectivity index (χ1) is 8.15. The molecule has 1 aromatic carbocycles. The van der Waals surface area contributed by atoms with Crippen LogP contribution >= 0.6 is 11.6 Å². The Morgan fingerprint density at radius 2 is 2.06 bits per heavy atom. The first-order valence-electron chi connectivity index (χ1n) is 5.64. The van der Waals surface area contributed by atoms with Gasteiger partial charge in [0.05, 0.1) is 7.11 Å². The number of rotatable bonds is 6. The molecule has 1 unspecified atom stereocenters. The smallest absolute Gasteiger partial charge is 0.220 e. The predicted molar refractivity (Wildman–Crippen MR) is 69.6 cm³/mol. The minimum absolute atomic E-state index is 0.0278. The monoisotopic (exact) mass is 255 g/mol. The van der Waals surface area contributed by atoms with Crippen molar-refractivity contribution in [1.82, 2.24) is 5.32 Å². The van der Waals surface area contributed by atoms with Gasteiger partial charge in [-0.25, -0.2) is 0 Å². The number of carbonyl (C=O) groups excluding carboxylic acids is 1. The minimum atomic E-state index is 0.0278. The van der Waals surface area contributed by atoms with Crippen molar-refractivity contribution in [2.24, 2.45) is 0 Å². The van der Waals surface area contributed by atoms with Gasteiger partial charge in [0.15, 0.2) is 0 Å². The first kappa shape index (κ1) is 13.8. The van der Waals surface area contributed by atoms with Crippen molar-refractivity contribution in [3.63, 3.8) is 0 Å². The molecule has 0 saturated heterocycles. The zero-order valence-corrected chi connectivity index (χ0v) is 11.0. The first-order valence-corrected chi connectivity index (χ1v) is 6.17. The van der Waals surface area contributed by atoms with Crippen LogP contribution in [0.1, 0.15) is 18.9 Å². The third kappa shape index (κ3) is 5.09. The summed E-state index contributed by atoms with van der Waals surface area (Å²) in [5, 5.41) is 2.83. The van der Waals surface area contributed by atoms with Crippen molar-refractivity contribution in [3.8, 4) is 5.75 Å². The quantitative estimate of drug-likeness (QED) is 0.793. The number of carbonyl (C=O) groups is 1. The van der Waals surface area contributed by atoms with Gasteiger partial charge in [0.1, 0.15) is 5.75 Å². The summed E-state index contributed by atoms with van der Waals surface area (Å²) in [6, 6.07) is 7.76. The van der Waals surface area contributed by atoms with Gasteiger partial charge in [-0.15, -0.1) is 11.6 Å². The molecule has 0 heterocycles. The van der Waals surface area contributed by atoms with Gasteiger partial charge in [-0.1, -0.05) is 12.1 Å². The lowest BCUT2D eigenvalue weighted by molar-refractivity contribution is -0.121. The molecular weight excluding hydrogens is 238 g/mol. The fourth-order valence-electron chi connectivity index (χ4n) is 1.44. The second kappa shape index (κ2) is 7.17. The zero-order chi connectivity index (χ0) is 12.7. The van der Waals surface area contributed by atoms with E-state index in [1.165, 1.54) is 0 Å². The molecule has 94 valence electrons. The Morgan fingerprint density at radius 3 is 2.59 bits per heavy atom. The maximum atomic E-state index is 11.5. The standard InChI is InChI=1S/C13H18ClNO2/c1-10(9-14)15-13(16)8-5-11-3-6-12(17-2)7-4-11/h3-4,6-7,10H,5,8-9H2,1-2H3,(H,15,16). The molecule has 0 fully saturated rings. The number of benzene rings is 1. The van der Waals surface area contributed by atoms with Crippen molar-refractivity contribution in [2.75, 3.05) is 13.0 Å². The fourth-order valence-corrected chi connectivity index (χ4v) is 1.51. The van der Waals surface area contributed by atoms with Gasteiger partial charge in [0.25, 0.3) is 0 Å². The highest BCUT2D eigenvalue weighted by atomic mass is 35.5. The highest BCUT2D eigenvalue weighted by Crippen LogP contribution is 2.12. The number of amides is 1. The summed E-state index contributed by atoms with van der Waals surface area (Å²) >= 11 is 5.62. The van der Waals surface area contributed by atoms with Crippen molar-refractivity contribution in [2.45, 2.75) is 25.8 Å². The molecule has 1 rings (SSSR count). The summed E-state index contributed by atoms with van der Waals surface area (Å²) in [6.45, 7) is 1.89. The minimum Gasteiger partial charge on any atom is -0.497 e. The van der Waals surface area contributed by atoms with Gasteiger partial charge in [-0.05, 0) is 31.0 Å². The molecule has 1 amide bonds. The number of aryl methyl sites for hydroxylation is 1. The van der Waals surface area contributed by atoms with Crippen LogP contribution in [-0.4, -0.2) is 24.9 Å². The molecule has 0 aliphatic rings. The Morgan fingerprint density at radius 1 is 1.41 bits per heavy atom. The molecule has 17 heavy (non-hydrogen) atoms. The lowest BCUT2D eigenvalue weighted by Gasteiger charge is -2.10. The number of halogens is 1. The summed E-state index contributed by atoms with van der Waals surface area (Å²) in [7, 11) is 1.63. The Kier molecular flexibility index (Phi) is 5.84. The van der Waals surface area contributed by atoms with E-state index in [0.29, 0.717) is 12.3 Å². The van der Waals surface area contributed by atoms with Crippen LogP contribution in [0.2, 0.25) is 0 Å². The average molecular weight is 256 g/mol. The number of hydrogen-bond donors (Lipinski definition) is 1. The molecule has 1 atom stereocenters. The van der Waals surface area contributed by atoms with Crippen LogP contribution < -0.4 is 10.1 Å². The molecular formula is C13H18ClNO2. The van der Waals surface area contributed by atoms with Crippen LogP contribution in [0.4, 0.5) is 0 Å². The van der Waals surface area contributed by atoms with Crippen LogP contribution in [0.3, 0.4) is 0 Å². The van der Waals surface area contributed by atoms with Crippen LogP contribution in [-0.2, 0) is 11.2 Å². The summed E-state index contributed by atoms with van der Waals surface area (Å²) in [5.41, 5.74) is 1.12. The van der Waals surface area contributed by atoms with E-state index in [4.69, 9.17) is 16.3 Å². The maximum Gasteiger partial charge on any atom is 0.220 e. The van der Waals surface area contributed by atoms with E-state index < -0.39 is 0 Å². The third-order valence-electron chi connectivity index (χ3n) is 2.44. The lowest BCUT2D eigenvalue weighted by Crippen LogP contribution is -2.33. The molecule has 1 N–H and O–H groups in total. The van der Waals surface area contributed by atoms with Crippen LogP contribution in [0.25, 0.3) is 0 Å². The second-order valence-electron chi connectivity index (χ2n) is 3.97. The number of ether oxygens (including phenoxy) is 1. The summed E-state index contributed by atoms with van der Waals surface area (Å²) in [5.74, 6) is 1.30. The number of hydrogen-bond acceptors (Lipinski definition) is 2. The second-order valence-corrected chi connectivity index (χ2v) is 4.28. The molecule has 0 spiro atoms. The summed E-state index contributed by atoms with van der Waals surface area (Å²) in [4.78, 5) is 11.5. The third-order valence-corrected chi connectivity index (χ3v) is 2.90. The van der Waals surface area contributed by atoms with Gasteiger partial charge >= 0.3 is 0 Å². The van der Waals surface area contributed by atoms with Gasteiger partial charge in [0.2, 0.25) is 5.91 Å². The number of alkyl halides is 1. The fraction of sp³-hybridized carbons (Fsp3) is 0.462. The molecule has 0 aliphatic carbocycles. The van der Waals surface area contributed by atoms with Crippen LogP contribution in [0.5, 0.6) is 5.75 Å². The summed E-state index contributed by atoms with van der Waals surface area (Å²) < 4.78 is 5.07. The van der Waals surface area contributed by atoms with Gasteiger partial charge < -0.3 is 10.1 Å². The number of methoxy groups -OCH3 is 1. The maximum absolute atomic E-state index is 11.5. The molecule has 0 radical (unpaired) electrons.